The monoisotopic (exact) mass is 414 g/mol. The Kier molecular flexibility index (Phi) is 11.4. The number of nitrogens with zero attached hydrogens (tertiary/aromatic N) is 1. The van der Waals surface area contributed by atoms with Crippen LogP contribution >= 0.6 is 0 Å². The second-order valence-electron chi connectivity index (χ2n) is 5.88. The number of sulfonamides is 1. The van der Waals surface area contributed by atoms with Gasteiger partial charge in [-0.15, -0.1) is 0 Å². The van der Waals surface area contributed by atoms with Crippen LogP contribution in [0.1, 0.15) is 33.3 Å². The molecule has 0 saturated heterocycles. The summed E-state index contributed by atoms with van der Waals surface area (Å²) in [6.45, 7) is 10.7. The van der Waals surface area contributed by atoms with Gasteiger partial charge in [0.25, 0.3) is 0 Å². The van der Waals surface area contributed by atoms with Crippen LogP contribution in [-0.4, -0.2) is 59.5 Å². The molecule has 0 amide bonds. The van der Waals surface area contributed by atoms with E-state index < -0.39 is 10.0 Å². The Morgan fingerprint density at radius 2 is 1.71 bits per heavy atom. The second-order valence-corrected chi connectivity index (χ2v) is 7.98. The smallest absolute Gasteiger partial charge is 0.211 e. The van der Waals surface area contributed by atoms with Crippen LogP contribution in [0, 0.1) is 0 Å². The van der Waals surface area contributed by atoms with Crippen molar-refractivity contribution in [2.75, 3.05) is 45.1 Å². The van der Waals surface area contributed by atoms with E-state index in [-0.39, 0.29) is 12.3 Å². The van der Waals surface area contributed by atoms with Crippen LogP contribution in [-0.2, 0) is 16.4 Å². The van der Waals surface area contributed by atoms with Gasteiger partial charge in [0.05, 0.1) is 25.5 Å². The molecule has 0 heterocycles. The molecule has 0 bridgehead atoms. The molecule has 1 rings (SSSR count). The molecule has 0 aliphatic rings. The minimum Gasteiger partial charge on any atom is -0.490 e. The van der Waals surface area contributed by atoms with Gasteiger partial charge in [-0.3, -0.25) is 4.99 Å². The Balaban J connectivity index is 2.57. The standard InChI is InChI=1S/C19H34N4O4S/c1-5-20-19(22-13-14-23-28(24,25)8-4)21-12-11-16-9-10-17(26-6-2)18(15-16)27-7-3/h9-10,15,23H,5-8,11-14H2,1-4H3,(H2,20,21,22). The number of ether oxygens (including phenoxy) is 2. The van der Waals surface area contributed by atoms with Gasteiger partial charge in [-0.2, -0.15) is 0 Å². The third kappa shape index (κ3) is 9.27. The fraction of sp³-hybridized carbons (Fsp3) is 0.632. The van der Waals surface area contributed by atoms with E-state index >= 15 is 0 Å². The molecule has 0 unspecified atom stereocenters. The normalized spacial score (nSPS) is 11.9. The molecule has 0 fully saturated rings. The summed E-state index contributed by atoms with van der Waals surface area (Å²) in [5, 5.41) is 6.42. The van der Waals surface area contributed by atoms with Gasteiger partial charge in [0.1, 0.15) is 0 Å². The summed E-state index contributed by atoms with van der Waals surface area (Å²) in [4.78, 5) is 4.39. The summed E-state index contributed by atoms with van der Waals surface area (Å²) >= 11 is 0. The first-order valence-electron chi connectivity index (χ1n) is 9.83. The van der Waals surface area contributed by atoms with Gasteiger partial charge in [0.15, 0.2) is 17.5 Å². The molecule has 160 valence electrons. The summed E-state index contributed by atoms with van der Waals surface area (Å²) in [5.74, 6) is 2.24. The van der Waals surface area contributed by atoms with Crippen molar-refractivity contribution in [3.05, 3.63) is 23.8 Å². The number of hydrogen-bond donors (Lipinski definition) is 3. The lowest BCUT2D eigenvalue weighted by atomic mass is 10.1. The molecule has 8 nitrogen and oxygen atoms in total. The van der Waals surface area contributed by atoms with Crippen molar-refractivity contribution >= 4 is 16.0 Å². The molecule has 0 aliphatic carbocycles. The summed E-state index contributed by atoms with van der Waals surface area (Å²) in [6, 6.07) is 5.96. The van der Waals surface area contributed by atoms with Gasteiger partial charge >= 0.3 is 0 Å². The Labute approximate surface area is 169 Å². The molecule has 28 heavy (non-hydrogen) atoms. The number of guanidine groups is 1. The van der Waals surface area contributed by atoms with E-state index in [1.807, 2.05) is 39.0 Å². The number of aliphatic imine (C=N–C) groups is 1. The van der Waals surface area contributed by atoms with Crippen LogP contribution in [0.4, 0.5) is 0 Å². The van der Waals surface area contributed by atoms with Gasteiger partial charge in [0.2, 0.25) is 10.0 Å². The topological polar surface area (TPSA) is 101 Å². The fourth-order valence-corrected chi connectivity index (χ4v) is 3.00. The van der Waals surface area contributed by atoms with Crippen molar-refractivity contribution in [2.24, 2.45) is 4.99 Å². The SMILES string of the molecule is CCNC(=NCCNS(=O)(=O)CC)NCCc1ccc(OCC)c(OCC)c1. The van der Waals surface area contributed by atoms with E-state index in [0.717, 1.165) is 30.0 Å². The van der Waals surface area contributed by atoms with Gasteiger partial charge in [-0.1, -0.05) is 6.07 Å². The van der Waals surface area contributed by atoms with E-state index in [0.29, 0.717) is 32.3 Å². The lowest BCUT2D eigenvalue weighted by Crippen LogP contribution is -2.39. The maximum absolute atomic E-state index is 11.4. The fourth-order valence-electron chi connectivity index (χ4n) is 2.39. The van der Waals surface area contributed by atoms with Crippen molar-refractivity contribution in [3.8, 4) is 11.5 Å². The highest BCUT2D eigenvalue weighted by Gasteiger charge is 2.07. The predicted octanol–water partition coefficient (Wildman–Crippen LogP) is 1.52. The number of rotatable bonds is 13. The Hall–Kier alpha value is -2.00. The minimum atomic E-state index is -3.18. The predicted molar refractivity (Wildman–Crippen MR) is 114 cm³/mol. The van der Waals surface area contributed by atoms with Crippen LogP contribution < -0.4 is 24.8 Å². The van der Waals surface area contributed by atoms with Crippen LogP contribution in [0.15, 0.2) is 23.2 Å². The molecule has 0 atom stereocenters. The van der Waals surface area contributed by atoms with E-state index in [2.05, 4.69) is 20.3 Å². The zero-order chi connectivity index (χ0) is 20.8. The Morgan fingerprint density at radius 1 is 1.00 bits per heavy atom. The highest BCUT2D eigenvalue weighted by atomic mass is 32.2. The maximum atomic E-state index is 11.4. The Morgan fingerprint density at radius 3 is 2.36 bits per heavy atom. The van der Waals surface area contributed by atoms with Gasteiger partial charge in [-0.25, -0.2) is 13.1 Å². The maximum Gasteiger partial charge on any atom is 0.211 e. The molecule has 0 aromatic heterocycles. The molecule has 0 spiro atoms. The first kappa shape index (κ1) is 24.0. The van der Waals surface area contributed by atoms with Crippen molar-refractivity contribution in [1.29, 1.82) is 0 Å². The molecule has 9 heteroatoms. The zero-order valence-electron chi connectivity index (χ0n) is 17.4. The van der Waals surface area contributed by atoms with Crippen molar-refractivity contribution in [1.82, 2.24) is 15.4 Å². The zero-order valence-corrected chi connectivity index (χ0v) is 18.2. The molecule has 3 N–H and O–H groups in total. The van der Waals surface area contributed by atoms with Crippen molar-refractivity contribution in [3.63, 3.8) is 0 Å². The third-order valence-corrected chi connectivity index (χ3v) is 5.15. The summed E-state index contributed by atoms with van der Waals surface area (Å²) < 4.78 is 36.6. The molecule has 1 aromatic rings. The first-order chi connectivity index (χ1) is 13.5. The lowest BCUT2D eigenvalue weighted by Gasteiger charge is -2.14. The van der Waals surface area contributed by atoms with E-state index in [9.17, 15) is 8.42 Å². The van der Waals surface area contributed by atoms with Gasteiger partial charge < -0.3 is 20.1 Å². The minimum absolute atomic E-state index is 0.0703. The Bertz CT molecular complexity index is 708. The van der Waals surface area contributed by atoms with Crippen LogP contribution in [0.3, 0.4) is 0 Å². The molecule has 0 radical (unpaired) electrons. The van der Waals surface area contributed by atoms with Crippen molar-refractivity contribution < 1.29 is 17.9 Å². The number of benzene rings is 1. The summed E-state index contributed by atoms with van der Waals surface area (Å²) in [7, 11) is -3.18. The number of nitrogens with one attached hydrogen (secondary N) is 3. The molecular weight excluding hydrogens is 380 g/mol. The molecular formula is C19H34N4O4S. The lowest BCUT2D eigenvalue weighted by molar-refractivity contribution is 0.287. The van der Waals surface area contributed by atoms with E-state index in [1.54, 1.807) is 6.92 Å². The van der Waals surface area contributed by atoms with E-state index in [4.69, 9.17) is 9.47 Å². The van der Waals surface area contributed by atoms with Crippen LogP contribution in [0.2, 0.25) is 0 Å². The molecule has 1 aromatic carbocycles. The molecule has 0 aliphatic heterocycles. The third-order valence-electron chi connectivity index (χ3n) is 3.74. The van der Waals surface area contributed by atoms with Gasteiger partial charge in [0, 0.05) is 19.6 Å². The quantitative estimate of drug-likeness (QED) is 0.257. The summed E-state index contributed by atoms with van der Waals surface area (Å²) in [6.07, 6.45) is 0.791. The average molecular weight is 415 g/mol. The highest BCUT2D eigenvalue weighted by Crippen LogP contribution is 2.28. The number of hydrogen-bond acceptors (Lipinski definition) is 5. The van der Waals surface area contributed by atoms with Crippen LogP contribution in [0.5, 0.6) is 11.5 Å². The second kappa shape index (κ2) is 13.2. The van der Waals surface area contributed by atoms with Crippen molar-refractivity contribution in [2.45, 2.75) is 34.1 Å². The summed E-state index contributed by atoms with van der Waals surface area (Å²) in [5.41, 5.74) is 1.13. The average Bonchev–Trinajstić information content (AvgIpc) is 2.67. The first-order valence-corrected chi connectivity index (χ1v) is 11.5. The van der Waals surface area contributed by atoms with E-state index in [1.165, 1.54) is 0 Å². The largest absolute Gasteiger partial charge is 0.490 e. The highest BCUT2D eigenvalue weighted by molar-refractivity contribution is 7.89. The van der Waals surface area contributed by atoms with Crippen LogP contribution in [0.25, 0.3) is 0 Å². The van der Waals surface area contributed by atoms with Gasteiger partial charge in [-0.05, 0) is 51.8 Å². The molecule has 0 saturated carbocycles.